The molecule has 4 nitrogen and oxygen atoms in total. The Hall–Kier alpha value is -1.81. The molecule has 0 aromatic carbocycles. The Morgan fingerprint density at radius 1 is 1.43 bits per heavy atom. The third-order valence-electron chi connectivity index (χ3n) is 3.89. The lowest BCUT2D eigenvalue weighted by molar-refractivity contribution is 0.0519. The van der Waals surface area contributed by atoms with Gasteiger partial charge in [-0.15, -0.1) is 0 Å². The Morgan fingerprint density at radius 3 is 2.81 bits per heavy atom. The first kappa shape index (κ1) is 15.6. The second-order valence-electron chi connectivity index (χ2n) is 5.51. The zero-order valence-electron chi connectivity index (χ0n) is 13.3. The molecule has 0 spiro atoms. The summed E-state index contributed by atoms with van der Waals surface area (Å²) in [5.74, 6) is -0.281. The van der Waals surface area contributed by atoms with E-state index in [-0.39, 0.29) is 5.97 Å². The van der Waals surface area contributed by atoms with E-state index >= 15 is 0 Å². The van der Waals surface area contributed by atoms with Gasteiger partial charge >= 0.3 is 5.97 Å². The van der Waals surface area contributed by atoms with Crippen molar-refractivity contribution in [3.8, 4) is 0 Å². The normalized spacial score (nSPS) is 16.3. The van der Waals surface area contributed by atoms with Crippen molar-refractivity contribution in [3.05, 3.63) is 40.2 Å². The van der Waals surface area contributed by atoms with Crippen LogP contribution in [0.5, 0.6) is 0 Å². The number of esters is 1. The van der Waals surface area contributed by atoms with Gasteiger partial charge in [0.15, 0.2) is 0 Å². The van der Waals surface area contributed by atoms with Crippen LogP contribution in [0.3, 0.4) is 0 Å². The molecule has 0 bridgehead atoms. The van der Waals surface area contributed by atoms with Gasteiger partial charge in [0.05, 0.1) is 6.61 Å². The Bertz CT molecular complexity index is 582. The van der Waals surface area contributed by atoms with Gasteiger partial charge in [-0.3, -0.25) is 0 Å². The number of likely N-dealkylation sites (N-methyl/N-ethyl adjacent to an activating group) is 1. The summed E-state index contributed by atoms with van der Waals surface area (Å²) in [4.78, 5) is 17.3. The van der Waals surface area contributed by atoms with Crippen molar-refractivity contribution in [1.29, 1.82) is 0 Å². The summed E-state index contributed by atoms with van der Waals surface area (Å²) in [6.45, 7) is 8.24. The summed E-state index contributed by atoms with van der Waals surface area (Å²) >= 11 is 0. The maximum Gasteiger partial charge on any atom is 0.355 e. The smallest absolute Gasteiger partial charge is 0.355 e. The molecule has 0 saturated carbocycles. The van der Waals surface area contributed by atoms with Gasteiger partial charge in [-0.1, -0.05) is 18.2 Å². The van der Waals surface area contributed by atoms with Crippen LogP contribution in [0.1, 0.15) is 40.7 Å². The number of hydrogen-bond donors (Lipinski definition) is 1. The van der Waals surface area contributed by atoms with E-state index in [1.165, 1.54) is 5.57 Å². The van der Waals surface area contributed by atoms with E-state index in [9.17, 15) is 4.79 Å². The van der Waals surface area contributed by atoms with E-state index in [0.29, 0.717) is 12.3 Å². The number of carbonyl (C=O) groups is 1. The average Bonchev–Trinajstić information content (AvgIpc) is 2.74. The fraction of sp³-hybridized carbons (Fsp3) is 0.471. The number of nitrogens with zero attached hydrogens (tertiary/aromatic N) is 1. The second-order valence-corrected chi connectivity index (χ2v) is 5.51. The van der Waals surface area contributed by atoms with Crippen LogP contribution in [0.25, 0.3) is 6.08 Å². The SMILES string of the molecule is CCOC(=O)c1[nH]c(C)c(/C=C/C2=CCN(C)CC2)c1C. The van der Waals surface area contributed by atoms with Gasteiger partial charge in [-0.05, 0) is 50.9 Å². The molecule has 2 rings (SSSR count). The molecule has 0 aliphatic carbocycles. The standard InChI is InChI=1S/C17H24N2O2/c1-5-21-17(20)16-12(2)15(13(3)18-16)7-6-14-8-10-19(4)11-9-14/h6-8,18H,5,9-11H2,1-4H3/b7-6+. The lowest BCUT2D eigenvalue weighted by Crippen LogP contribution is -2.23. The number of aryl methyl sites for hydroxylation is 1. The Kier molecular flexibility index (Phi) is 5.02. The molecule has 1 aromatic heterocycles. The molecule has 0 radical (unpaired) electrons. The van der Waals surface area contributed by atoms with Gasteiger partial charge < -0.3 is 14.6 Å². The molecule has 21 heavy (non-hydrogen) atoms. The first-order valence-corrected chi connectivity index (χ1v) is 7.44. The van der Waals surface area contributed by atoms with Crippen molar-refractivity contribution in [3.63, 3.8) is 0 Å². The van der Waals surface area contributed by atoms with E-state index in [1.807, 2.05) is 20.8 Å². The van der Waals surface area contributed by atoms with Crippen molar-refractivity contribution >= 4 is 12.0 Å². The Labute approximate surface area is 126 Å². The van der Waals surface area contributed by atoms with Gasteiger partial charge in [0.1, 0.15) is 5.69 Å². The molecule has 1 aromatic rings. The lowest BCUT2D eigenvalue weighted by atomic mass is 10.0. The Balaban J connectivity index is 2.19. The highest BCUT2D eigenvalue weighted by Gasteiger charge is 2.16. The minimum absolute atomic E-state index is 0.281. The van der Waals surface area contributed by atoms with Crippen LogP contribution in [0.15, 0.2) is 17.7 Å². The number of ether oxygens (including phenoxy) is 1. The molecule has 4 heteroatoms. The highest BCUT2D eigenvalue weighted by atomic mass is 16.5. The van der Waals surface area contributed by atoms with E-state index in [2.05, 4.69) is 35.2 Å². The van der Waals surface area contributed by atoms with Crippen LogP contribution >= 0.6 is 0 Å². The van der Waals surface area contributed by atoms with Crippen LogP contribution < -0.4 is 0 Å². The summed E-state index contributed by atoms with van der Waals surface area (Å²) in [5.41, 5.74) is 4.95. The molecule has 2 heterocycles. The van der Waals surface area contributed by atoms with Crippen molar-refractivity contribution in [1.82, 2.24) is 9.88 Å². The topological polar surface area (TPSA) is 45.3 Å². The number of H-pyrrole nitrogens is 1. The summed E-state index contributed by atoms with van der Waals surface area (Å²) in [6, 6.07) is 0. The monoisotopic (exact) mass is 288 g/mol. The molecule has 0 amide bonds. The van der Waals surface area contributed by atoms with Gasteiger partial charge in [-0.2, -0.15) is 0 Å². The van der Waals surface area contributed by atoms with Crippen LogP contribution in [-0.2, 0) is 4.74 Å². The number of nitrogens with one attached hydrogen (secondary N) is 1. The molecular formula is C17H24N2O2. The van der Waals surface area contributed by atoms with Gasteiger partial charge in [0.25, 0.3) is 0 Å². The van der Waals surface area contributed by atoms with Gasteiger partial charge in [-0.25, -0.2) is 4.79 Å². The Morgan fingerprint density at radius 2 is 2.19 bits per heavy atom. The van der Waals surface area contributed by atoms with E-state index in [4.69, 9.17) is 4.74 Å². The van der Waals surface area contributed by atoms with Crippen LogP contribution in [0.2, 0.25) is 0 Å². The maximum atomic E-state index is 11.9. The van der Waals surface area contributed by atoms with Crippen LogP contribution in [0.4, 0.5) is 0 Å². The van der Waals surface area contributed by atoms with Crippen molar-refractivity contribution in [2.45, 2.75) is 27.2 Å². The third kappa shape index (κ3) is 3.64. The van der Waals surface area contributed by atoms with Crippen LogP contribution in [-0.4, -0.2) is 42.6 Å². The molecular weight excluding hydrogens is 264 g/mol. The molecule has 1 aliphatic heterocycles. The maximum absolute atomic E-state index is 11.9. The molecule has 0 atom stereocenters. The van der Waals surface area contributed by atoms with Gasteiger partial charge in [0, 0.05) is 18.8 Å². The molecule has 1 aliphatic rings. The highest BCUT2D eigenvalue weighted by molar-refractivity contribution is 5.91. The quantitative estimate of drug-likeness (QED) is 0.866. The van der Waals surface area contributed by atoms with E-state index in [1.54, 1.807) is 0 Å². The molecule has 0 unspecified atom stereocenters. The van der Waals surface area contributed by atoms with Crippen molar-refractivity contribution in [2.75, 3.05) is 26.7 Å². The number of aromatic nitrogens is 1. The minimum Gasteiger partial charge on any atom is -0.461 e. The number of carbonyl (C=O) groups excluding carboxylic acids is 1. The first-order chi connectivity index (χ1) is 10.0. The number of hydrogen-bond acceptors (Lipinski definition) is 3. The summed E-state index contributed by atoms with van der Waals surface area (Å²) < 4.78 is 5.07. The van der Waals surface area contributed by atoms with E-state index < -0.39 is 0 Å². The molecule has 114 valence electrons. The molecule has 0 saturated heterocycles. The average molecular weight is 288 g/mol. The van der Waals surface area contributed by atoms with Crippen LogP contribution in [0, 0.1) is 13.8 Å². The fourth-order valence-corrected chi connectivity index (χ4v) is 2.55. The zero-order chi connectivity index (χ0) is 15.4. The zero-order valence-corrected chi connectivity index (χ0v) is 13.3. The van der Waals surface area contributed by atoms with E-state index in [0.717, 1.165) is 36.3 Å². The summed E-state index contributed by atoms with van der Waals surface area (Å²) in [5, 5.41) is 0. The molecule has 0 fully saturated rings. The first-order valence-electron chi connectivity index (χ1n) is 7.44. The second kappa shape index (κ2) is 6.76. The number of rotatable bonds is 4. The number of aromatic amines is 1. The largest absolute Gasteiger partial charge is 0.461 e. The lowest BCUT2D eigenvalue weighted by Gasteiger charge is -2.20. The summed E-state index contributed by atoms with van der Waals surface area (Å²) in [7, 11) is 2.13. The third-order valence-corrected chi connectivity index (χ3v) is 3.89. The molecule has 1 N–H and O–H groups in total. The summed E-state index contributed by atoms with van der Waals surface area (Å²) in [6.07, 6.45) is 7.58. The van der Waals surface area contributed by atoms with Crippen molar-refractivity contribution in [2.24, 2.45) is 0 Å². The van der Waals surface area contributed by atoms with Crippen molar-refractivity contribution < 1.29 is 9.53 Å². The fourth-order valence-electron chi connectivity index (χ4n) is 2.55. The predicted octanol–water partition coefficient (Wildman–Crippen LogP) is 3.08. The minimum atomic E-state index is -0.281. The number of allylic oxidation sites excluding steroid dienone is 1. The predicted molar refractivity (Wildman–Crippen MR) is 85.5 cm³/mol. The van der Waals surface area contributed by atoms with Gasteiger partial charge in [0.2, 0.25) is 0 Å². The highest BCUT2D eigenvalue weighted by Crippen LogP contribution is 2.22.